The summed E-state index contributed by atoms with van der Waals surface area (Å²) in [5.41, 5.74) is -1.19. The summed E-state index contributed by atoms with van der Waals surface area (Å²) >= 11 is 1.45. The number of carbonyl (C=O) groups is 1. The van der Waals surface area contributed by atoms with Crippen LogP contribution in [0.5, 0.6) is 5.75 Å². The third-order valence-electron chi connectivity index (χ3n) is 2.29. The molecule has 0 spiro atoms. The van der Waals surface area contributed by atoms with Gasteiger partial charge in [-0.05, 0) is 31.4 Å². The molecule has 1 rings (SSSR count). The number of aromatic hydroxyl groups is 1. The summed E-state index contributed by atoms with van der Waals surface area (Å²) in [5, 5.41) is 21.8. The second-order valence-corrected chi connectivity index (χ2v) is 5.14. The van der Waals surface area contributed by atoms with Crippen LogP contribution < -0.4 is 5.32 Å². The maximum absolute atomic E-state index is 13.0. The zero-order chi connectivity index (χ0) is 13.8. The lowest BCUT2D eigenvalue weighted by Crippen LogP contribution is -2.42. The van der Waals surface area contributed by atoms with Crippen molar-refractivity contribution >= 4 is 17.7 Å². The van der Waals surface area contributed by atoms with E-state index in [1.807, 2.05) is 6.26 Å². The minimum atomic E-state index is -1.04. The van der Waals surface area contributed by atoms with Gasteiger partial charge in [0.25, 0.3) is 5.91 Å². The van der Waals surface area contributed by atoms with E-state index in [9.17, 15) is 19.4 Å². The number of amides is 1. The Morgan fingerprint density at radius 2 is 2.22 bits per heavy atom. The second-order valence-electron chi connectivity index (χ2n) is 4.27. The average Bonchev–Trinajstić information content (AvgIpc) is 2.29. The third kappa shape index (κ3) is 4.19. The smallest absolute Gasteiger partial charge is 0.255 e. The van der Waals surface area contributed by atoms with Gasteiger partial charge in [0, 0.05) is 12.3 Å². The fourth-order valence-electron chi connectivity index (χ4n) is 1.42. The Labute approximate surface area is 109 Å². The van der Waals surface area contributed by atoms with E-state index >= 15 is 0 Å². The van der Waals surface area contributed by atoms with Gasteiger partial charge in [-0.3, -0.25) is 4.79 Å². The van der Waals surface area contributed by atoms with Gasteiger partial charge < -0.3 is 15.5 Å². The first kappa shape index (κ1) is 14.8. The van der Waals surface area contributed by atoms with E-state index < -0.39 is 17.3 Å². The highest BCUT2D eigenvalue weighted by Crippen LogP contribution is 2.18. The van der Waals surface area contributed by atoms with Crippen molar-refractivity contribution in [3.63, 3.8) is 0 Å². The second kappa shape index (κ2) is 6.06. The Morgan fingerprint density at radius 1 is 1.56 bits per heavy atom. The van der Waals surface area contributed by atoms with Crippen molar-refractivity contribution in [2.45, 2.75) is 12.5 Å². The monoisotopic (exact) mass is 273 g/mol. The Kier molecular flexibility index (Phi) is 4.98. The van der Waals surface area contributed by atoms with Crippen molar-refractivity contribution < 1.29 is 19.4 Å². The van der Waals surface area contributed by atoms with Crippen LogP contribution in [0.25, 0.3) is 0 Å². The molecule has 1 unspecified atom stereocenters. The van der Waals surface area contributed by atoms with Crippen LogP contribution in [-0.4, -0.2) is 40.3 Å². The summed E-state index contributed by atoms with van der Waals surface area (Å²) < 4.78 is 13.0. The normalized spacial score (nSPS) is 14.0. The van der Waals surface area contributed by atoms with Crippen LogP contribution in [0.1, 0.15) is 17.3 Å². The lowest BCUT2D eigenvalue weighted by atomic mass is 10.1. The molecular formula is C12H16FNO3S. The number of carbonyl (C=O) groups excluding carboxylic acids is 1. The number of phenols is 1. The molecule has 0 saturated carbocycles. The van der Waals surface area contributed by atoms with Gasteiger partial charge in [-0.1, -0.05) is 0 Å². The van der Waals surface area contributed by atoms with Gasteiger partial charge in [-0.15, -0.1) is 0 Å². The molecule has 4 nitrogen and oxygen atoms in total. The topological polar surface area (TPSA) is 69.6 Å². The molecule has 0 aliphatic rings. The molecule has 0 radical (unpaired) electrons. The third-order valence-corrected chi connectivity index (χ3v) is 3.20. The Morgan fingerprint density at radius 3 is 2.83 bits per heavy atom. The molecule has 0 aromatic heterocycles. The SMILES string of the molecule is CSCC(C)(O)CNC(=O)c1cc(F)ccc1O. The van der Waals surface area contributed by atoms with Crippen LogP contribution in [-0.2, 0) is 0 Å². The number of phenolic OH excluding ortho intramolecular Hbond substituents is 1. The first-order chi connectivity index (χ1) is 8.35. The molecule has 3 N–H and O–H groups in total. The number of benzene rings is 1. The molecule has 0 aliphatic carbocycles. The molecule has 0 saturated heterocycles. The first-order valence-corrected chi connectivity index (χ1v) is 6.73. The maximum atomic E-state index is 13.0. The number of hydrogen-bond acceptors (Lipinski definition) is 4. The number of aliphatic hydroxyl groups is 1. The van der Waals surface area contributed by atoms with E-state index in [1.165, 1.54) is 11.8 Å². The number of halogens is 1. The van der Waals surface area contributed by atoms with Crippen LogP contribution in [0.15, 0.2) is 18.2 Å². The highest BCUT2D eigenvalue weighted by atomic mass is 32.2. The summed E-state index contributed by atoms with van der Waals surface area (Å²) in [5.74, 6) is -1.05. The summed E-state index contributed by atoms with van der Waals surface area (Å²) in [6, 6.07) is 3.13. The quantitative estimate of drug-likeness (QED) is 0.758. The molecule has 100 valence electrons. The average molecular weight is 273 g/mol. The number of thioether (sulfide) groups is 1. The fourth-order valence-corrected chi connectivity index (χ4v) is 2.14. The van der Waals surface area contributed by atoms with Crippen molar-refractivity contribution in [3.05, 3.63) is 29.6 Å². The molecule has 0 heterocycles. The van der Waals surface area contributed by atoms with Gasteiger partial charge in [-0.2, -0.15) is 11.8 Å². The fraction of sp³-hybridized carbons (Fsp3) is 0.417. The van der Waals surface area contributed by atoms with E-state index in [4.69, 9.17) is 0 Å². The van der Waals surface area contributed by atoms with E-state index in [0.29, 0.717) is 5.75 Å². The van der Waals surface area contributed by atoms with Gasteiger partial charge >= 0.3 is 0 Å². The van der Waals surface area contributed by atoms with Gasteiger partial charge in [-0.25, -0.2) is 4.39 Å². The molecule has 1 atom stereocenters. The number of rotatable bonds is 5. The molecule has 0 aliphatic heterocycles. The van der Waals surface area contributed by atoms with E-state index in [1.54, 1.807) is 6.92 Å². The maximum Gasteiger partial charge on any atom is 0.255 e. The van der Waals surface area contributed by atoms with Crippen molar-refractivity contribution in [3.8, 4) is 5.75 Å². The highest BCUT2D eigenvalue weighted by molar-refractivity contribution is 7.98. The molecule has 0 bridgehead atoms. The molecule has 18 heavy (non-hydrogen) atoms. The molecule has 0 fully saturated rings. The zero-order valence-electron chi connectivity index (χ0n) is 10.2. The molecular weight excluding hydrogens is 257 g/mol. The minimum Gasteiger partial charge on any atom is -0.507 e. The number of hydrogen-bond donors (Lipinski definition) is 3. The highest BCUT2D eigenvalue weighted by Gasteiger charge is 2.21. The van der Waals surface area contributed by atoms with Crippen LogP contribution in [0.2, 0.25) is 0 Å². The van der Waals surface area contributed by atoms with Gasteiger partial charge in [0.05, 0.1) is 11.2 Å². The van der Waals surface area contributed by atoms with Crippen molar-refractivity contribution in [1.29, 1.82) is 0 Å². The van der Waals surface area contributed by atoms with Crippen molar-refractivity contribution in [2.75, 3.05) is 18.6 Å². The first-order valence-electron chi connectivity index (χ1n) is 5.34. The predicted molar refractivity (Wildman–Crippen MR) is 69.4 cm³/mol. The number of nitrogens with one attached hydrogen (secondary N) is 1. The van der Waals surface area contributed by atoms with E-state index in [2.05, 4.69) is 5.32 Å². The van der Waals surface area contributed by atoms with Crippen LogP contribution >= 0.6 is 11.8 Å². The van der Waals surface area contributed by atoms with Crippen LogP contribution in [0.3, 0.4) is 0 Å². The summed E-state index contributed by atoms with van der Waals surface area (Å²) in [4.78, 5) is 11.7. The standard InChI is InChI=1S/C12H16FNO3S/c1-12(17,7-18-2)6-14-11(16)9-5-8(13)3-4-10(9)15/h3-5,15,17H,6-7H2,1-2H3,(H,14,16). The van der Waals surface area contributed by atoms with E-state index in [-0.39, 0.29) is 17.9 Å². The lowest BCUT2D eigenvalue weighted by molar-refractivity contribution is 0.0723. The summed E-state index contributed by atoms with van der Waals surface area (Å²) in [7, 11) is 0. The zero-order valence-corrected chi connectivity index (χ0v) is 11.1. The van der Waals surface area contributed by atoms with Crippen LogP contribution in [0, 0.1) is 5.82 Å². The summed E-state index contributed by atoms with van der Waals surface area (Å²) in [6.07, 6.45) is 1.84. The van der Waals surface area contributed by atoms with Crippen LogP contribution in [0.4, 0.5) is 4.39 Å². The predicted octanol–water partition coefficient (Wildman–Crippen LogP) is 1.38. The molecule has 6 heteroatoms. The Hall–Kier alpha value is -1.27. The Balaban J connectivity index is 2.69. The Bertz CT molecular complexity index is 437. The van der Waals surface area contributed by atoms with Gasteiger partial charge in [0.2, 0.25) is 0 Å². The van der Waals surface area contributed by atoms with Crippen molar-refractivity contribution in [2.24, 2.45) is 0 Å². The van der Waals surface area contributed by atoms with Gasteiger partial charge in [0.1, 0.15) is 11.6 Å². The molecule has 1 aromatic carbocycles. The lowest BCUT2D eigenvalue weighted by Gasteiger charge is -2.22. The molecule has 1 aromatic rings. The van der Waals surface area contributed by atoms with E-state index in [0.717, 1.165) is 18.2 Å². The van der Waals surface area contributed by atoms with Gasteiger partial charge in [0.15, 0.2) is 0 Å². The summed E-state index contributed by atoms with van der Waals surface area (Å²) in [6.45, 7) is 1.62. The van der Waals surface area contributed by atoms with Crippen molar-refractivity contribution in [1.82, 2.24) is 5.32 Å². The largest absolute Gasteiger partial charge is 0.507 e. The minimum absolute atomic E-state index is 0.0304. The molecule has 1 amide bonds.